The summed E-state index contributed by atoms with van der Waals surface area (Å²) in [6, 6.07) is 8.39. The molecule has 36 heavy (non-hydrogen) atoms. The minimum absolute atomic E-state index is 0.0556. The lowest BCUT2D eigenvalue weighted by molar-refractivity contribution is -0.274. The average Bonchev–Trinajstić information content (AvgIpc) is 3.26. The molecule has 1 aliphatic carbocycles. The number of amides is 1. The molecular formula is C24H29F3N2O6S. The molecule has 1 amide bonds. The summed E-state index contributed by atoms with van der Waals surface area (Å²) in [7, 11) is -4.28. The van der Waals surface area contributed by atoms with E-state index in [4.69, 9.17) is 4.74 Å². The van der Waals surface area contributed by atoms with Gasteiger partial charge in [0.2, 0.25) is 5.91 Å². The summed E-state index contributed by atoms with van der Waals surface area (Å²) in [6.07, 6.45) is -2.07. The molecular weight excluding hydrogens is 501 g/mol. The maximum atomic E-state index is 13.0. The van der Waals surface area contributed by atoms with Crippen molar-refractivity contribution in [2.24, 2.45) is 11.8 Å². The first-order valence-corrected chi connectivity index (χ1v) is 13.0. The number of carbonyl (C=O) groups is 1. The van der Waals surface area contributed by atoms with Crippen molar-refractivity contribution in [2.45, 2.75) is 56.9 Å². The molecule has 1 fully saturated rings. The maximum Gasteiger partial charge on any atom is 0.573 e. The number of hydrogen-bond donors (Lipinski definition) is 3. The van der Waals surface area contributed by atoms with Gasteiger partial charge in [-0.15, -0.1) is 13.2 Å². The number of halogens is 3. The van der Waals surface area contributed by atoms with Crippen molar-refractivity contribution < 1.29 is 41.0 Å². The molecule has 3 N–H and O–H groups in total. The molecule has 1 saturated carbocycles. The smallest absolute Gasteiger partial charge is 0.492 e. The molecule has 1 aliphatic rings. The zero-order valence-corrected chi connectivity index (χ0v) is 20.7. The Morgan fingerprint density at radius 1 is 1.14 bits per heavy atom. The fraction of sp³-hybridized carbons (Fsp3) is 0.458. The number of hydrogen-bond acceptors (Lipinski definition) is 6. The summed E-state index contributed by atoms with van der Waals surface area (Å²) in [4.78, 5) is 12.7. The fourth-order valence-corrected chi connectivity index (χ4v) is 5.59. The Morgan fingerprint density at radius 3 is 2.44 bits per heavy atom. The number of aliphatic hydroxyl groups is 1. The Bertz CT molecular complexity index is 1160. The molecule has 0 unspecified atom stereocenters. The van der Waals surface area contributed by atoms with E-state index in [1.807, 2.05) is 0 Å². The van der Waals surface area contributed by atoms with Gasteiger partial charge in [0.1, 0.15) is 16.4 Å². The third kappa shape index (κ3) is 7.26. The molecule has 0 spiro atoms. The highest BCUT2D eigenvalue weighted by Crippen LogP contribution is 2.35. The highest BCUT2D eigenvalue weighted by atomic mass is 32.2. The Hall–Kier alpha value is -2.99. The zero-order valence-electron chi connectivity index (χ0n) is 19.8. The Morgan fingerprint density at radius 2 is 1.83 bits per heavy atom. The lowest BCUT2D eigenvalue weighted by atomic mass is 9.86. The Balaban J connectivity index is 1.82. The number of anilines is 2. The molecule has 3 rings (SSSR count). The van der Waals surface area contributed by atoms with E-state index in [1.54, 1.807) is 13.8 Å². The van der Waals surface area contributed by atoms with Crippen molar-refractivity contribution in [1.82, 2.24) is 0 Å². The number of nitrogens with one attached hydrogen (secondary N) is 2. The van der Waals surface area contributed by atoms with Gasteiger partial charge in [0, 0.05) is 17.8 Å². The number of benzene rings is 2. The number of sulfonamides is 1. The van der Waals surface area contributed by atoms with Crippen LogP contribution < -0.4 is 19.5 Å². The van der Waals surface area contributed by atoms with Crippen LogP contribution in [0.2, 0.25) is 0 Å². The first-order chi connectivity index (χ1) is 16.9. The van der Waals surface area contributed by atoms with E-state index >= 15 is 0 Å². The van der Waals surface area contributed by atoms with E-state index in [0.29, 0.717) is 0 Å². The van der Waals surface area contributed by atoms with Gasteiger partial charge in [0.15, 0.2) is 0 Å². The van der Waals surface area contributed by atoms with E-state index in [1.165, 1.54) is 30.3 Å². The molecule has 2 atom stereocenters. The monoisotopic (exact) mass is 530 g/mol. The molecule has 0 radical (unpaired) electrons. The number of rotatable bonds is 10. The van der Waals surface area contributed by atoms with Crippen LogP contribution in [0.25, 0.3) is 0 Å². The van der Waals surface area contributed by atoms with Gasteiger partial charge < -0.3 is 19.9 Å². The zero-order chi connectivity index (χ0) is 26.5. The standard InChI is InChI=1S/C24H29F3N2O6S/c1-3-34-20-14-17(28-23(31)22(15(2)30)16-7-4-5-8-16)11-12-21(20)36(32,33)29-18-9-6-10-19(13-18)35-24(25,26)27/h6,9-16,22,29-30H,3-5,7-8H2,1-2H3,(H,28,31)/t15-,22+/m1/s1. The van der Waals surface area contributed by atoms with Crippen LogP contribution in [-0.2, 0) is 14.8 Å². The highest BCUT2D eigenvalue weighted by Gasteiger charge is 2.34. The predicted octanol–water partition coefficient (Wildman–Crippen LogP) is 4.91. The minimum atomic E-state index is -4.93. The third-order valence-corrected chi connectivity index (χ3v) is 7.27. The largest absolute Gasteiger partial charge is 0.573 e. The van der Waals surface area contributed by atoms with Crippen LogP contribution in [0.4, 0.5) is 24.5 Å². The van der Waals surface area contributed by atoms with Gasteiger partial charge in [-0.05, 0) is 56.9 Å². The van der Waals surface area contributed by atoms with Crippen LogP contribution in [0.3, 0.4) is 0 Å². The van der Waals surface area contributed by atoms with Gasteiger partial charge in [0.05, 0.1) is 24.3 Å². The van der Waals surface area contributed by atoms with E-state index in [-0.39, 0.29) is 40.5 Å². The molecule has 0 saturated heterocycles. The van der Waals surface area contributed by atoms with E-state index in [9.17, 15) is 31.5 Å². The third-order valence-electron chi connectivity index (χ3n) is 5.85. The van der Waals surface area contributed by atoms with Crippen molar-refractivity contribution >= 4 is 27.3 Å². The second-order valence-electron chi connectivity index (χ2n) is 8.58. The summed E-state index contributed by atoms with van der Waals surface area (Å²) in [6.45, 7) is 3.34. The predicted molar refractivity (Wildman–Crippen MR) is 127 cm³/mol. The van der Waals surface area contributed by atoms with Crippen LogP contribution in [-0.4, -0.2) is 38.5 Å². The maximum absolute atomic E-state index is 13.0. The lowest BCUT2D eigenvalue weighted by Gasteiger charge is -2.25. The van der Waals surface area contributed by atoms with Crippen LogP contribution in [0.5, 0.6) is 11.5 Å². The van der Waals surface area contributed by atoms with Crippen LogP contribution in [0.1, 0.15) is 39.5 Å². The van der Waals surface area contributed by atoms with Crippen molar-refractivity contribution in [3.63, 3.8) is 0 Å². The first-order valence-electron chi connectivity index (χ1n) is 11.5. The number of alkyl halides is 3. The van der Waals surface area contributed by atoms with Crippen molar-refractivity contribution in [3.8, 4) is 11.5 Å². The number of aliphatic hydroxyl groups excluding tert-OH is 1. The minimum Gasteiger partial charge on any atom is -0.492 e. The number of carbonyl (C=O) groups excluding carboxylic acids is 1. The molecule has 2 aromatic carbocycles. The second-order valence-corrected chi connectivity index (χ2v) is 10.2. The summed E-state index contributed by atoms with van der Waals surface area (Å²) in [5.74, 6) is -1.54. The fourth-order valence-electron chi connectivity index (χ4n) is 4.41. The van der Waals surface area contributed by atoms with Gasteiger partial charge >= 0.3 is 6.36 Å². The van der Waals surface area contributed by atoms with E-state index in [2.05, 4.69) is 14.8 Å². The summed E-state index contributed by atoms with van der Waals surface area (Å²) in [5.41, 5.74) is 0.138. The highest BCUT2D eigenvalue weighted by molar-refractivity contribution is 7.92. The molecule has 0 aromatic heterocycles. The molecule has 8 nitrogen and oxygen atoms in total. The van der Waals surface area contributed by atoms with Gasteiger partial charge in [0.25, 0.3) is 10.0 Å². The Kier molecular flexibility index (Phi) is 8.72. The molecule has 12 heteroatoms. The molecule has 198 valence electrons. The Labute approximate surface area is 207 Å². The molecule has 0 heterocycles. The molecule has 2 aromatic rings. The van der Waals surface area contributed by atoms with Crippen LogP contribution >= 0.6 is 0 Å². The van der Waals surface area contributed by atoms with Crippen LogP contribution in [0, 0.1) is 11.8 Å². The summed E-state index contributed by atoms with van der Waals surface area (Å²) >= 11 is 0. The summed E-state index contributed by atoms with van der Waals surface area (Å²) in [5, 5.41) is 12.9. The van der Waals surface area contributed by atoms with Gasteiger partial charge in [-0.1, -0.05) is 18.9 Å². The van der Waals surface area contributed by atoms with Gasteiger partial charge in [-0.2, -0.15) is 0 Å². The quantitative estimate of drug-likeness (QED) is 0.402. The molecule has 0 bridgehead atoms. The second kappa shape index (κ2) is 11.4. The van der Waals surface area contributed by atoms with E-state index in [0.717, 1.165) is 37.8 Å². The molecule has 0 aliphatic heterocycles. The average molecular weight is 531 g/mol. The van der Waals surface area contributed by atoms with Crippen LogP contribution in [0.15, 0.2) is 47.4 Å². The van der Waals surface area contributed by atoms with Gasteiger partial charge in [-0.3, -0.25) is 9.52 Å². The van der Waals surface area contributed by atoms with E-state index < -0.39 is 34.2 Å². The SMILES string of the molecule is CCOc1cc(NC(=O)[C@H](C2CCCC2)[C@@H](C)O)ccc1S(=O)(=O)Nc1cccc(OC(F)(F)F)c1. The topological polar surface area (TPSA) is 114 Å². The van der Waals surface area contributed by atoms with Crippen molar-refractivity contribution in [1.29, 1.82) is 0 Å². The lowest BCUT2D eigenvalue weighted by Crippen LogP contribution is -2.36. The summed E-state index contributed by atoms with van der Waals surface area (Å²) < 4.78 is 75.1. The first kappa shape index (κ1) is 27.6. The van der Waals surface area contributed by atoms with Crippen molar-refractivity contribution in [3.05, 3.63) is 42.5 Å². The number of ether oxygens (including phenoxy) is 2. The van der Waals surface area contributed by atoms with Crippen molar-refractivity contribution in [2.75, 3.05) is 16.6 Å². The van der Waals surface area contributed by atoms with Gasteiger partial charge in [-0.25, -0.2) is 8.42 Å². The normalized spacial score (nSPS) is 16.3.